The average Bonchev–Trinajstić information content (AvgIpc) is 2.76. The number of amides is 2. The zero-order valence-electron chi connectivity index (χ0n) is 16.9. The van der Waals surface area contributed by atoms with E-state index in [2.05, 4.69) is 20.7 Å². The first-order valence-electron chi connectivity index (χ1n) is 9.43. The van der Waals surface area contributed by atoms with Gasteiger partial charge in [-0.05, 0) is 40.9 Å². The first-order valence-corrected chi connectivity index (χ1v) is 9.43. The molecule has 10 heteroatoms. The normalized spacial score (nSPS) is 11.0. The number of nitrogens with zero attached hydrogens (tertiary/aromatic N) is 3. The smallest absolute Gasteiger partial charge is 0.305 e. The largest absolute Gasteiger partial charge is 0.497 e. The molecule has 0 aliphatic rings. The predicted molar refractivity (Wildman–Crippen MR) is 113 cm³/mol. The highest BCUT2D eigenvalue weighted by atomic mass is 16.5. The second-order valence-electron chi connectivity index (χ2n) is 6.68. The summed E-state index contributed by atoms with van der Waals surface area (Å²) in [5.41, 5.74) is 10.3. The quantitative estimate of drug-likeness (QED) is 0.287. The summed E-state index contributed by atoms with van der Waals surface area (Å²) >= 11 is 0. The maximum atomic E-state index is 12.3. The van der Waals surface area contributed by atoms with Crippen LogP contribution in [0.5, 0.6) is 5.75 Å². The first-order chi connectivity index (χ1) is 14.9. The Morgan fingerprint density at radius 3 is 2.55 bits per heavy atom. The molecule has 2 aromatic carbocycles. The molecule has 162 valence electrons. The minimum atomic E-state index is -1.11. The number of hydrogen-bond acceptors (Lipinski definition) is 5. The topological polar surface area (TPSA) is 153 Å². The summed E-state index contributed by atoms with van der Waals surface area (Å²) in [5.74, 6) is -1.06. The van der Waals surface area contributed by atoms with Gasteiger partial charge in [0.2, 0.25) is 5.91 Å². The third kappa shape index (κ3) is 8.08. The molecule has 0 radical (unpaired) electrons. The standard InChI is InChI=1S/C21H23N5O5/c1-31-18-4-2-3-15(9-18)10-19(27)23-12-14-5-7-16(8-6-14)21(30)25-17(11-20(28)29)13-24-26-22/h2-9,17H,10-13H2,1H3,(H,23,27)(H,25,30)(H,28,29)/t17-/m0/s1. The lowest BCUT2D eigenvalue weighted by molar-refractivity contribution is -0.137. The van der Waals surface area contributed by atoms with E-state index in [-0.39, 0.29) is 25.3 Å². The fourth-order valence-electron chi connectivity index (χ4n) is 2.78. The van der Waals surface area contributed by atoms with Gasteiger partial charge in [-0.2, -0.15) is 0 Å². The van der Waals surface area contributed by atoms with E-state index in [4.69, 9.17) is 15.4 Å². The average molecular weight is 425 g/mol. The highest BCUT2D eigenvalue weighted by Gasteiger charge is 2.16. The van der Waals surface area contributed by atoms with Gasteiger partial charge < -0.3 is 20.5 Å². The summed E-state index contributed by atoms with van der Waals surface area (Å²) in [5, 5.41) is 17.6. The van der Waals surface area contributed by atoms with Crippen molar-refractivity contribution in [2.24, 2.45) is 5.11 Å². The summed E-state index contributed by atoms with van der Waals surface area (Å²) in [7, 11) is 1.57. The van der Waals surface area contributed by atoms with E-state index in [9.17, 15) is 14.4 Å². The molecule has 2 aromatic rings. The van der Waals surface area contributed by atoms with Gasteiger partial charge in [0.1, 0.15) is 5.75 Å². The number of nitrogens with one attached hydrogen (secondary N) is 2. The van der Waals surface area contributed by atoms with Crippen LogP contribution in [0.1, 0.15) is 27.9 Å². The molecule has 0 saturated carbocycles. The molecular formula is C21H23N5O5. The Balaban J connectivity index is 1.88. The number of carbonyl (C=O) groups excluding carboxylic acids is 2. The van der Waals surface area contributed by atoms with Crippen LogP contribution in [-0.4, -0.2) is 42.6 Å². The lowest BCUT2D eigenvalue weighted by atomic mass is 10.1. The van der Waals surface area contributed by atoms with Crippen molar-refractivity contribution < 1.29 is 24.2 Å². The third-order valence-corrected chi connectivity index (χ3v) is 4.33. The summed E-state index contributed by atoms with van der Waals surface area (Å²) in [6, 6.07) is 13.0. The van der Waals surface area contributed by atoms with Crippen molar-refractivity contribution in [3.05, 3.63) is 75.7 Å². The maximum Gasteiger partial charge on any atom is 0.305 e. The van der Waals surface area contributed by atoms with Crippen molar-refractivity contribution >= 4 is 17.8 Å². The van der Waals surface area contributed by atoms with Crippen molar-refractivity contribution in [2.45, 2.75) is 25.4 Å². The lowest BCUT2D eigenvalue weighted by Crippen LogP contribution is -2.38. The minimum Gasteiger partial charge on any atom is -0.497 e. The van der Waals surface area contributed by atoms with Gasteiger partial charge >= 0.3 is 5.97 Å². The fraction of sp³-hybridized carbons (Fsp3) is 0.286. The summed E-state index contributed by atoms with van der Waals surface area (Å²) < 4.78 is 5.14. The number of azide groups is 1. The van der Waals surface area contributed by atoms with Crippen LogP contribution in [-0.2, 0) is 22.6 Å². The lowest BCUT2D eigenvalue weighted by Gasteiger charge is -2.14. The molecule has 31 heavy (non-hydrogen) atoms. The van der Waals surface area contributed by atoms with Crippen LogP contribution in [0.4, 0.5) is 0 Å². The monoisotopic (exact) mass is 425 g/mol. The molecule has 3 N–H and O–H groups in total. The van der Waals surface area contributed by atoms with E-state index in [0.717, 1.165) is 11.1 Å². The molecule has 0 aliphatic carbocycles. The van der Waals surface area contributed by atoms with Crippen LogP contribution >= 0.6 is 0 Å². The molecule has 0 heterocycles. The Morgan fingerprint density at radius 1 is 1.16 bits per heavy atom. The van der Waals surface area contributed by atoms with Gasteiger partial charge in [0.05, 0.1) is 20.0 Å². The van der Waals surface area contributed by atoms with E-state index in [1.54, 1.807) is 43.5 Å². The van der Waals surface area contributed by atoms with Crippen LogP contribution in [0.3, 0.4) is 0 Å². The Kier molecular flexibility index (Phi) is 8.88. The molecule has 0 aliphatic heterocycles. The molecule has 0 bridgehead atoms. The van der Waals surface area contributed by atoms with Crippen molar-refractivity contribution in [3.63, 3.8) is 0 Å². The maximum absolute atomic E-state index is 12.3. The Hall–Kier alpha value is -4.04. The van der Waals surface area contributed by atoms with Crippen LogP contribution in [0, 0.1) is 0 Å². The Bertz CT molecular complexity index is 966. The highest BCUT2D eigenvalue weighted by Crippen LogP contribution is 2.13. The molecule has 1 atom stereocenters. The number of hydrogen-bond donors (Lipinski definition) is 3. The van der Waals surface area contributed by atoms with Gasteiger partial charge in [0.15, 0.2) is 0 Å². The van der Waals surface area contributed by atoms with Gasteiger partial charge in [0.25, 0.3) is 5.91 Å². The molecule has 0 aromatic heterocycles. The molecule has 2 amide bonds. The third-order valence-electron chi connectivity index (χ3n) is 4.33. The summed E-state index contributed by atoms with van der Waals surface area (Å²) in [4.78, 5) is 37.9. The van der Waals surface area contributed by atoms with Crippen LogP contribution in [0.25, 0.3) is 10.4 Å². The van der Waals surface area contributed by atoms with Crippen LogP contribution < -0.4 is 15.4 Å². The highest BCUT2D eigenvalue weighted by molar-refractivity contribution is 5.94. The summed E-state index contributed by atoms with van der Waals surface area (Å²) in [6.45, 7) is 0.134. The number of ether oxygens (including phenoxy) is 1. The van der Waals surface area contributed by atoms with E-state index in [0.29, 0.717) is 17.9 Å². The van der Waals surface area contributed by atoms with Gasteiger partial charge in [0, 0.05) is 29.6 Å². The number of rotatable bonds is 11. The molecule has 10 nitrogen and oxygen atoms in total. The Labute approximate surface area is 178 Å². The predicted octanol–water partition coefficient (Wildman–Crippen LogP) is 2.44. The number of carboxylic acids is 1. The molecule has 0 spiro atoms. The summed E-state index contributed by atoms with van der Waals surface area (Å²) in [6.07, 6.45) is -0.143. The van der Waals surface area contributed by atoms with Crippen molar-refractivity contribution in [1.29, 1.82) is 0 Å². The van der Waals surface area contributed by atoms with Crippen LogP contribution in [0.2, 0.25) is 0 Å². The molecule has 0 unspecified atom stereocenters. The second kappa shape index (κ2) is 11.8. The molecular weight excluding hydrogens is 402 g/mol. The molecule has 0 saturated heterocycles. The SMILES string of the molecule is COc1cccc(CC(=O)NCc2ccc(C(=O)N[C@H](CN=[N+]=[N-])CC(=O)O)cc2)c1. The number of methoxy groups -OCH3 is 1. The van der Waals surface area contributed by atoms with Crippen molar-refractivity contribution in [2.75, 3.05) is 13.7 Å². The van der Waals surface area contributed by atoms with Crippen molar-refractivity contribution in [3.8, 4) is 5.75 Å². The van der Waals surface area contributed by atoms with E-state index in [1.807, 2.05) is 12.1 Å². The number of aliphatic carboxylic acids is 1. The molecule has 2 rings (SSSR count). The van der Waals surface area contributed by atoms with E-state index in [1.165, 1.54) is 0 Å². The zero-order valence-corrected chi connectivity index (χ0v) is 16.9. The zero-order chi connectivity index (χ0) is 22.6. The Morgan fingerprint density at radius 2 is 1.90 bits per heavy atom. The van der Waals surface area contributed by atoms with Gasteiger partial charge in [-0.3, -0.25) is 14.4 Å². The number of benzene rings is 2. The fourth-order valence-corrected chi connectivity index (χ4v) is 2.78. The van der Waals surface area contributed by atoms with E-state index < -0.39 is 17.9 Å². The second-order valence-corrected chi connectivity index (χ2v) is 6.68. The minimum absolute atomic E-state index is 0.148. The van der Waals surface area contributed by atoms with Crippen LogP contribution in [0.15, 0.2) is 53.6 Å². The molecule has 0 fully saturated rings. The number of carboxylic acid groups (broad SMARTS) is 1. The van der Waals surface area contributed by atoms with Gasteiger partial charge in [-0.25, -0.2) is 0 Å². The van der Waals surface area contributed by atoms with Crippen molar-refractivity contribution in [1.82, 2.24) is 10.6 Å². The number of carbonyl (C=O) groups is 3. The first kappa shape index (κ1) is 23.2. The van der Waals surface area contributed by atoms with E-state index >= 15 is 0 Å². The van der Waals surface area contributed by atoms with Gasteiger partial charge in [-0.1, -0.05) is 29.4 Å². The van der Waals surface area contributed by atoms with Gasteiger partial charge in [-0.15, -0.1) is 0 Å².